The number of aromatic amines is 1. The molecule has 9 heteroatoms. The molecule has 0 spiro atoms. The van der Waals surface area contributed by atoms with Gasteiger partial charge >= 0.3 is 0 Å². The molecule has 3 aromatic rings. The van der Waals surface area contributed by atoms with Crippen molar-refractivity contribution in [2.45, 2.75) is 5.75 Å². The first-order valence-corrected chi connectivity index (χ1v) is 11.3. The molecule has 1 amide bonds. The van der Waals surface area contributed by atoms with Gasteiger partial charge in [0.1, 0.15) is 11.6 Å². The van der Waals surface area contributed by atoms with Crippen LogP contribution in [-0.4, -0.2) is 76.1 Å². The van der Waals surface area contributed by atoms with Gasteiger partial charge < -0.3 is 19.5 Å². The summed E-state index contributed by atoms with van der Waals surface area (Å²) in [7, 11) is 1.98. The van der Waals surface area contributed by atoms with E-state index >= 15 is 0 Å². The number of anilines is 1. The van der Waals surface area contributed by atoms with Crippen molar-refractivity contribution in [2.24, 2.45) is 0 Å². The van der Waals surface area contributed by atoms with Crippen LogP contribution in [0.5, 0.6) is 0 Å². The number of ether oxygens (including phenoxy) is 1. The molecule has 1 aliphatic rings. The number of amides is 1. The van der Waals surface area contributed by atoms with Gasteiger partial charge in [0, 0.05) is 66.7 Å². The van der Waals surface area contributed by atoms with Gasteiger partial charge in [-0.05, 0) is 24.3 Å². The first kappa shape index (κ1) is 20.5. The Labute approximate surface area is 177 Å². The summed E-state index contributed by atoms with van der Waals surface area (Å²) in [6.07, 6.45) is 1.90. The molecule has 0 saturated carbocycles. The van der Waals surface area contributed by atoms with Crippen LogP contribution in [0.25, 0.3) is 22.3 Å². The monoisotopic (exact) mass is 427 g/mol. The zero-order valence-electron chi connectivity index (χ0n) is 17.1. The summed E-state index contributed by atoms with van der Waals surface area (Å²) in [5, 5.41) is 1.08. The van der Waals surface area contributed by atoms with E-state index in [0.717, 1.165) is 35.4 Å². The Bertz CT molecular complexity index is 1080. The zero-order valence-corrected chi connectivity index (χ0v) is 17.9. The Morgan fingerprint density at radius 3 is 2.77 bits per heavy atom. The second kappa shape index (κ2) is 8.93. The number of hydrogen-bond acceptors (Lipinski definition) is 6. The second-order valence-corrected chi connectivity index (χ2v) is 8.89. The average Bonchev–Trinajstić information content (AvgIpc) is 3.22. The van der Waals surface area contributed by atoms with Crippen LogP contribution in [0.3, 0.4) is 0 Å². The van der Waals surface area contributed by atoms with E-state index in [1.54, 1.807) is 14.1 Å². The van der Waals surface area contributed by atoms with Gasteiger partial charge in [0.05, 0.1) is 24.7 Å². The normalized spacial score (nSPS) is 15.3. The third-order valence-electron chi connectivity index (χ3n) is 5.00. The minimum Gasteiger partial charge on any atom is -0.378 e. The quantitative estimate of drug-likeness (QED) is 0.645. The van der Waals surface area contributed by atoms with E-state index in [1.165, 1.54) is 4.90 Å². The molecule has 0 aliphatic carbocycles. The minimum absolute atomic E-state index is 0.0193. The maximum absolute atomic E-state index is 12.6. The molecule has 1 aliphatic heterocycles. The van der Waals surface area contributed by atoms with Gasteiger partial charge in [-0.1, -0.05) is 0 Å². The van der Waals surface area contributed by atoms with Crippen LogP contribution in [0.15, 0.2) is 36.5 Å². The molecule has 1 saturated heterocycles. The minimum atomic E-state index is -1.35. The summed E-state index contributed by atoms with van der Waals surface area (Å²) in [5.41, 5.74) is 2.61. The Kier molecular flexibility index (Phi) is 6.10. The van der Waals surface area contributed by atoms with Crippen molar-refractivity contribution in [2.75, 3.05) is 51.1 Å². The van der Waals surface area contributed by atoms with Gasteiger partial charge in [-0.25, -0.2) is 9.97 Å². The van der Waals surface area contributed by atoms with Crippen molar-refractivity contribution in [1.29, 1.82) is 0 Å². The summed E-state index contributed by atoms with van der Waals surface area (Å²) in [6.45, 7) is 2.78. The maximum atomic E-state index is 12.6. The molecule has 2 aromatic heterocycles. The van der Waals surface area contributed by atoms with Crippen molar-refractivity contribution in [3.8, 4) is 11.4 Å². The van der Waals surface area contributed by atoms with E-state index in [4.69, 9.17) is 9.72 Å². The van der Waals surface area contributed by atoms with E-state index in [-0.39, 0.29) is 17.4 Å². The standard InChI is InChI=1S/C21H25N5O3S/c1-25(2)20(27)14-30(28)13-17-12-19(26-7-9-29-10-8-26)24-21(23-17)16-3-4-18-15(11-16)5-6-22-18/h3-6,11-12,22H,7-10,13-14H2,1-2H3. The van der Waals surface area contributed by atoms with Gasteiger partial charge in [0.2, 0.25) is 5.91 Å². The largest absolute Gasteiger partial charge is 0.378 e. The lowest BCUT2D eigenvalue weighted by atomic mass is 10.1. The molecule has 1 unspecified atom stereocenters. The van der Waals surface area contributed by atoms with Crippen molar-refractivity contribution in [3.05, 3.63) is 42.2 Å². The van der Waals surface area contributed by atoms with Crippen LogP contribution in [-0.2, 0) is 26.1 Å². The van der Waals surface area contributed by atoms with Crippen LogP contribution in [0, 0.1) is 0 Å². The number of carbonyl (C=O) groups excluding carboxylic acids is 1. The lowest BCUT2D eigenvalue weighted by Gasteiger charge is -2.28. The predicted molar refractivity (Wildman–Crippen MR) is 118 cm³/mol. The molecule has 30 heavy (non-hydrogen) atoms. The SMILES string of the molecule is CN(C)C(=O)CS(=O)Cc1cc(N2CCOCC2)nc(-c2ccc3[nH]ccc3c2)n1. The van der Waals surface area contributed by atoms with E-state index in [2.05, 4.69) is 14.9 Å². The number of fused-ring (bicyclic) bond motifs is 1. The molecular formula is C21H25N5O3S. The Hall–Kier alpha value is -2.78. The van der Waals surface area contributed by atoms with Crippen molar-refractivity contribution in [3.63, 3.8) is 0 Å². The third kappa shape index (κ3) is 4.68. The topological polar surface area (TPSA) is 91.4 Å². The molecule has 0 radical (unpaired) electrons. The summed E-state index contributed by atoms with van der Waals surface area (Å²) < 4.78 is 18.0. The average molecular weight is 428 g/mol. The van der Waals surface area contributed by atoms with Crippen molar-refractivity contribution >= 4 is 33.4 Å². The molecule has 1 N–H and O–H groups in total. The number of rotatable bonds is 6. The fraction of sp³-hybridized carbons (Fsp3) is 0.381. The zero-order chi connectivity index (χ0) is 21.1. The maximum Gasteiger partial charge on any atom is 0.234 e. The van der Waals surface area contributed by atoms with Gasteiger partial charge in [0.25, 0.3) is 0 Å². The van der Waals surface area contributed by atoms with E-state index in [1.807, 2.05) is 36.5 Å². The summed E-state index contributed by atoms with van der Waals surface area (Å²) in [5.74, 6) is 1.42. The molecule has 158 valence electrons. The number of aromatic nitrogens is 3. The number of benzene rings is 1. The number of nitrogens with zero attached hydrogens (tertiary/aromatic N) is 4. The summed E-state index contributed by atoms with van der Waals surface area (Å²) in [6, 6.07) is 9.91. The molecule has 1 atom stereocenters. The number of H-pyrrole nitrogens is 1. The van der Waals surface area contributed by atoms with Gasteiger partial charge in [0.15, 0.2) is 5.82 Å². The van der Waals surface area contributed by atoms with Gasteiger partial charge in [-0.15, -0.1) is 0 Å². The molecular weight excluding hydrogens is 402 g/mol. The first-order chi connectivity index (χ1) is 14.5. The highest BCUT2D eigenvalue weighted by Gasteiger charge is 2.18. The lowest BCUT2D eigenvalue weighted by Crippen LogP contribution is -2.37. The highest BCUT2D eigenvalue weighted by atomic mass is 32.2. The molecule has 8 nitrogen and oxygen atoms in total. The number of nitrogens with one attached hydrogen (secondary N) is 1. The highest BCUT2D eigenvalue weighted by Crippen LogP contribution is 2.25. The van der Waals surface area contributed by atoms with Crippen molar-refractivity contribution < 1.29 is 13.7 Å². The third-order valence-corrected chi connectivity index (χ3v) is 6.19. The van der Waals surface area contributed by atoms with Gasteiger partial charge in [-0.2, -0.15) is 0 Å². The van der Waals surface area contributed by atoms with Gasteiger partial charge in [-0.3, -0.25) is 9.00 Å². The predicted octanol–water partition coefficient (Wildman–Crippen LogP) is 1.80. The van der Waals surface area contributed by atoms with E-state index in [0.29, 0.717) is 24.7 Å². The van der Waals surface area contributed by atoms with Crippen LogP contribution in [0.1, 0.15) is 5.69 Å². The number of carbonyl (C=O) groups is 1. The first-order valence-electron chi connectivity index (χ1n) is 9.83. The van der Waals surface area contributed by atoms with Crippen LogP contribution in [0.2, 0.25) is 0 Å². The van der Waals surface area contributed by atoms with E-state index < -0.39 is 10.8 Å². The molecule has 1 aromatic carbocycles. The second-order valence-electron chi connectivity index (χ2n) is 7.44. The summed E-state index contributed by atoms with van der Waals surface area (Å²) >= 11 is 0. The fourth-order valence-corrected chi connectivity index (χ4v) is 4.43. The summed E-state index contributed by atoms with van der Waals surface area (Å²) in [4.78, 5) is 28.2. The smallest absolute Gasteiger partial charge is 0.234 e. The molecule has 4 rings (SSSR count). The van der Waals surface area contributed by atoms with Crippen LogP contribution >= 0.6 is 0 Å². The molecule has 1 fully saturated rings. The number of morpholine rings is 1. The Morgan fingerprint density at radius 2 is 2.00 bits per heavy atom. The highest BCUT2D eigenvalue weighted by molar-refractivity contribution is 7.84. The Balaban J connectivity index is 1.67. The number of hydrogen-bond donors (Lipinski definition) is 1. The fourth-order valence-electron chi connectivity index (χ4n) is 3.32. The van der Waals surface area contributed by atoms with Crippen LogP contribution in [0.4, 0.5) is 5.82 Å². The molecule has 3 heterocycles. The van der Waals surface area contributed by atoms with Crippen molar-refractivity contribution in [1.82, 2.24) is 19.9 Å². The van der Waals surface area contributed by atoms with E-state index in [9.17, 15) is 9.00 Å². The lowest BCUT2D eigenvalue weighted by molar-refractivity contribution is -0.125. The Morgan fingerprint density at radius 1 is 1.20 bits per heavy atom. The molecule has 0 bridgehead atoms. The van der Waals surface area contributed by atoms with Crippen LogP contribution < -0.4 is 4.90 Å².